The number of piperidine rings is 2. The molecule has 3 saturated heterocycles. The quantitative estimate of drug-likeness (QED) is 0.618. The Morgan fingerprint density at radius 3 is 2.37 bits per heavy atom. The first-order valence-corrected chi connectivity index (χ1v) is 12.0. The van der Waals surface area contributed by atoms with E-state index in [1.165, 1.54) is 4.90 Å². The molecule has 5 rings (SSSR count). The van der Waals surface area contributed by atoms with E-state index in [-0.39, 0.29) is 35.3 Å². The summed E-state index contributed by atoms with van der Waals surface area (Å²) in [6.45, 7) is 8.04. The minimum absolute atomic E-state index is 0.0463. The molecule has 0 saturated carbocycles. The van der Waals surface area contributed by atoms with Crippen molar-refractivity contribution in [2.75, 3.05) is 24.5 Å². The van der Waals surface area contributed by atoms with Gasteiger partial charge < -0.3 is 14.9 Å². The normalized spacial score (nSPS) is 26.1. The lowest BCUT2D eigenvalue weighted by molar-refractivity contribution is -0.136. The fourth-order valence-corrected chi connectivity index (χ4v) is 6.66. The van der Waals surface area contributed by atoms with Gasteiger partial charge in [0.2, 0.25) is 11.8 Å². The molecule has 35 heavy (non-hydrogen) atoms. The van der Waals surface area contributed by atoms with Gasteiger partial charge >= 0.3 is 6.09 Å². The number of nitrogens with zero attached hydrogens (tertiary/aromatic N) is 3. The summed E-state index contributed by atoms with van der Waals surface area (Å²) in [5.41, 5.74) is 0.992. The van der Waals surface area contributed by atoms with E-state index in [0.29, 0.717) is 30.9 Å². The summed E-state index contributed by atoms with van der Waals surface area (Å²) in [5.74, 6) is -2.06. The average molecular weight is 483 g/mol. The van der Waals surface area contributed by atoms with Crippen LogP contribution in [0.15, 0.2) is 18.2 Å². The van der Waals surface area contributed by atoms with Crippen molar-refractivity contribution in [1.29, 1.82) is 0 Å². The summed E-state index contributed by atoms with van der Waals surface area (Å²) in [6, 6.07) is 4.25. The van der Waals surface area contributed by atoms with Crippen LogP contribution in [0.5, 0.6) is 0 Å². The number of hydrogen-bond donors (Lipinski definition) is 2. The van der Waals surface area contributed by atoms with Gasteiger partial charge in [0.05, 0.1) is 16.8 Å². The van der Waals surface area contributed by atoms with Crippen molar-refractivity contribution in [2.45, 2.75) is 58.5 Å². The Morgan fingerprint density at radius 2 is 1.77 bits per heavy atom. The average Bonchev–Trinajstić information content (AvgIpc) is 3.02. The van der Waals surface area contributed by atoms with Gasteiger partial charge in [-0.3, -0.25) is 29.4 Å². The molecule has 2 N–H and O–H groups in total. The molecule has 10 nitrogen and oxygen atoms in total. The van der Waals surface area contributed by atoms with E-state index in [1.807, 2.05) is 6.07 Å². The van der Waals surface area contributed by atoms with Gasteiger partial charge in [0.1, 0.15) is 6.04 Å². The molecule has 10 heteroatoms. The minimum Gasteiger partial charge on any atom is -0.465 e. The lowest BCUT2D eigenvalue weighted by atomic mass is 9.57. The Labute approximate surface area is 203 Å². The SMILES string of the molecule is CC(C)(C)C1N(c2cccc3c2C(=O)N(C2CCC(=O)NC2=O)C3=O)CC12CCN(C(=O)O)CC2. The van der Waals surface area contributed by atoms with Gasteiger partial charge in [0, 0.05) is 37.5 Å². The predicted molar refractivity (Wildman–Crippen MR) is 125 cm³/mol. The summed E-state index contributed by atoms with van der Waals surface area (Å²) < 4.78 is 0. The molecule has 2 unspecified atom stereocenters. The number of anilines is 1. The lowest BCUT2D eigenvalue weighted by Crippen LogP contribution is -2.72. The van der Waals surface area contributed by atoms with E-state index in [4.69, 9.17) is 0 Å². The van der Waals surface area contributed by atoms with Crippen molar-refractivity contribution in [3.63, 3.8) is 0 Å². The highest BCUT2D eigenvalue weighted by Gasteiger charge is 2.59. The fraction of sp³-hybridized carbons (Fsp3) is 0.560. The topological polar surface area (TPSA) is 127 Å². The van der Waals surface area contributed by atoms with Crippen LogP contribution < -0.4 is 10.2 Å². The van der Waals surface area contributed by atoms with Crippen molar-refractivity contribution >= 4 is 35.4 Å². The van der Waals surface area contributed by atoms with Gasteiger partial charge in [-0.25, -0.2) is 4.79 Å². The van der Waals surface area contributed by atoms with Gasteiger partial charge in [-0.2, -0.15) is 0 Å². The van der Waals surface area contributed by atoms with Gasteiger partial charge in [0.15, 0.2) is 0 Å². The zero-order valence-electron chi connectivity index (χ0n) is 20.2. The van der Waals surface area contributed by atoms with Crippen LogP contribution in [0.3, 0.4) is 0 Å². The molecular formula is C25H30N4O6. The number of hydrogen-bond acceptors (Lipinski definition) is 6. The molecule has 1 aromatic carbocycles. The third-order valence-corrected chi connectivity index (χ3v) is 7.98. The molecule has 4 aliphatic rings. The molecular weight excluding hydrogens is 452 g/mol. The molecule has 3 fully saturated rings. The standard InChI is InChI=1S/C25H30N4O6/c1-24(2,3)22-25(9-11-27(12-10-25)23(34)35)13-28(22)15-6-4-5-14-18(15)21(33)29(20(14)32)16-7-8-17(30)26-19(16)31/h4-6,16,22H,7-13H2,1-3H3,(H,34,35)(H,26,30,31). The van der Waals surface area contributed by atoms with Crippen LogP contribution in [0.25, 0.3) is 0 Å². The van der Waals surface area contributed by atoms with Crippen molar-refractivity contribution in [1.82, 2.24) is 15.1 Å². The van der Waals surface area contributed by atoms with Gasteiger partial charge in [-0.05, 0) is 36.8 Å². The van der Waals surface area contributed by atoms with E-state index in [0.717, 1.165) is 17.7 Å². The number of benzene rings is 1. The summed E-state index contributed by atoms with van der Waals surface area (Å²) in [7, 11) is 0. The zero-order valence-corrected chi connectivity index (χ0v) is 20.2. The maximum absolute atomic E-state index is 13.6. The maximum atomic E-state index is 13.6. The molecule has 0 bridgehead atoms. The first kappa shape index (κ1) is 23.3. The molecule has 5 amide bonds. The van der Waals surface area contributed by atoms with Crippen molar-refractivity contribution in [2.24, 2.45) is 10.8 Å². The number of rotatable bonds is 2. The summed E-state index contributed by atoms with van der Waals surface area (Å²) in [6.07, 6.45) is 0.763. The highest BCUT2D eigenvalue weighted by molar-refractivity contribution is 6.25. The third-order valence-electron chi connectivity index (χ3n) is 7.98. The van der Waals surface area contributed by atoms with Crippen LogP contribution in [0, 0.1) is 10.8 Å². The Morgan fingerprint density at radius 1 is 1.09 bits per heavy atom. The molecule has 4 aliphatic heterocycles. The van der Waals surface area contributed by atoms with Crippen molar-refractivity contribution < 1.29 is 29.1 Å². The van der Waals surface area contributed by atoms with Gasteiger partial charge in [-0.15, -0.1) is 0 Å². The number of carboxylic acid groups (broad SMARTS) is 1. The number of amides is 5. The number of nitrogens with one attached hydrogen (secondary N) is 1. The number of carbonyl (C=O) groups excluding carboxylic acids is 4. The van der Waals surface area contributed by atoms with E-state index >= 15 is 0 Å². The van der Waals surface area contributed by atoms with Gasteiger partial charge in [-0.1, -0.05) is 26.8 Å². The van der Waals surface area contributed by atoms with Crippen LogP contribution in [-0.2, 0) is 9.59 Å². The minimum atomic E-state index is -1.01. The van der Waals surface area contributed by atoms with Gasteiger partial charge in [0.25, 0.3) is 11.8 Å². The Bertz CT molecular complexity index is 1150. The molecule has 2 atom stereocenters. The largest absolute Gasteiger partial charge is 0.465 e. The predicted octanol–water partition coefficient (Wildman–Crippen LogP) is 2.08. The molecule has 1 spiro atoms. The highest BCUT2D eigenvalue weighted by Crippen LogP contribution is 2.55. The first-order chi connectivity index (χ1) is 16.4. The number of likely N-dealkylation sites (tertiary alicyclic amines) is 1. The van der Waals surface area contributed by atoms with Crippen LogP contribution in [0.2, 0.25) is 0 Å². The Hall–Kier alpha value is -3.43. The molecule has 186 valence electrons. The maximum Gasteiger partial charge on any atom is 0.407 e. The van der Waals surface area contributed by atoms with Crippen LogP contribution in [-0.4, -0.2) is 76.3 Å². The van der Waals surface area contributed by atoms with Crippen LogP contribution >= 0.6 is 0 Å². The van der Waals surface area contributed by atoms with E-state index < -0.39 is 35.8 Å². The second-order valence-electron chi connectivity index (χ2n) is 11.2. The first-order valence-electron chi connectivity index (χ1n) is 12.0. The molecule has 1 aromatic rings. The Balaban J connectivity index is 1.47. The van der Waals surface area contributed by atoms with Crippen molar-refractivity contribution in [3.8, 4) is 0 Å². The van der Waals surface area contributed by atoms with Crippen LogP contribution in [0.4, 0.5) is 10.5 Å². The number of carbonyl (C=O) groups is 5. The fourth-order valence-electron chi connectivity index (χ4n) is 6.66. The van der Waals surface area contributed by atoms with E-state index in [9.17, 15) is 29.1 Å². The summed E-state index contributed by atoms with van der Waals surface area (Å²) >= 11 is 0. The van der Waals surface area contributed by atoms with Crippen LogP contribution in [0.1, 0.15) is 67.2 Å². The number of imide groups is 2. The smallest absolute Gasteiger partial charge is 0.407 e. The Kier molecular flexibility index (Phi) is 5.19. The monoisotopic (exact) mass is 482 g/mol. The van der Waals surface area contributed by atoms with E-state index in [2.05, 4.69) is 31.0 Å². The molecule has 0 aliphatic carbocycles. The summed E-state index contributed by atoms with van der Waals surface area (Å²) in [4.78, 5) is 66.9. The highest BCUT2D eigenvalue weighted by atomic mass is 16.4. The lowest BCUT2D eigenvalue weighted by Gasteiger charge is -2.65. The number of fused-ring (bicyclic) bond motifs is 1. The molecule has 0 aromatic heterocycles. The molecule has 0 radical (unpaired) electrons. The van der Waals surface area contributed by atoms with Crippen molar-refractivity contribution in [3.05, 3.63) is 29.3 Å². The zero-order chi connectivity index (χ0) is 25.3. The summed E-state index contributed by atoms with van der Waals surface area (Å²) in [5, 5.41) is 11.6. The second kappa shape index (κ2) is 7.79. The third kappa shape index (κ3) is 3.49. The van der Waals surface area contributed by atoms with E-state index in [1.54, 1.807) is 12.1 Å². The molecule has 4 heterocycles. The second-order valence-corrected chi connectivity index (χ2v) is 11.2.